The Morgan fingerprint density at radius 3 is 2.18 bits per heavy atom. The lowest BCUT2D eigenvalue weighted by Gasteiger charge is -2.29. The average molecular weight is 577 g/mol. The van der Waals surface area contributed by atoms with Gasteiger partial charge < -0.3 is 10.2 Å². The van der Waals surface area contributed by atoms with Crippen molar-refractivity contribution in [1.29, 1.82) is 0 Å². The molecule has 3 aromatic carbocycles. The zero-order valence-corrected chi connectivity index (χ0v) is 20.5. The van der Waals surface area contributed by atoms with Gasteiger partial charge in [-0.15, -0.1) is 0 Å². The topological polar surface area (TPSA) is 67.8 Å². The van der Waals surface area contributed by atoms with Gasteiger partial charge in [-0.05, 0) is 35.0 Å². The predicted octanol–water partition coefficient (Wildman–Crippen LogP) is 6.98. The fraction of sp³-hybridized carbons (Fsp3) is 0.240. The fourth-order valence-electron chi connectivity index (χ4n) is 4.14. The Kier molecular flexibility index (Phi) is 7.37. The van der Waals surface area contributed by atoms with Gasteiger partial charge in [0, 0.05) is 33.2 Å². The number of rotatable bonds is 6. The first kappa shape index (κ1) is 27.7. The zero-order valence-electron chi connectivity index (χ0n) is 19.0. The lowest BCUT2D eigenvalue weighted by molar-refractivity contribution is -0.275. The Morgan fingerprint density at radius 1 is 0.947 bits per heavy atom. The van der Waals surface area contributed by atoms with Gasteiger partial charge in [-0.25, -0.2) is 0 Å². The molecule has 1 atom stereocenters. The first-order valence-corrected chi connectivity index (χ1v) is 11.6. The maximum Gasteiger partial charge on any atom is 0.435 e. The van der Waals surface area contributed by atoms with E-state index in [4.69, 9.17) is 28.0 Å². The van der Waals surface area contributed by atoms with Crippen LogP contribution in [-0.2, 0) is 15.2 Å². The van der Waals surface area contributed by atoms with Crippen LogP contribution < -0.4 is 5.32 Å². The molecule has 0 aromatic heterocycles. The number of carbonyl (C=O) groups excluding carboxylic acids is 2. The molecule has 1 aliphatic rings. The van der Waals surface area contributed by atoms with Crippen LogP contribution in [-0.4, -0.2) is 36.3 Å². The van der Waals surface area contributed by atoms with Gasteiger partial charge in [-0.1, -0.05) is 58.7 Å². The SMILES string of the molecule is O=C(CNC(=O)c1ccc(C2=NOC(c3cc(Cl)cc(Cl)c3)(C(F)(F)F)C2)c2ccccc12)CC(F)(F)F. The van der Waals surface area contributed by atoms with Crippen molar-refractivity contribution in [2.24, 2.45) is 5.16 Å². The van der Waals surface area contributed by atoms with Crippen LogP contribution in [0.25, 0.3) is 10.8 Å². The van der Waals surface area contributed by atoms with Crippen LogP contribution in [0.4, 0.5) is 26.3 Å². The Balaban J connectivity index is 1.66. The van der Waals surface area contributed by atoms with Crippen molar-refractivity contribution in [2.45, 2.75) is 30.8 Å². The third-order valence-electron chi connectivity index (χ3n) is 5.84. The highest BCUT2D eigenvalue weighted by Crippen LogP contribution is 2.50. The van der Waals surface area contributed by atoms with Gasteiger partial charge in [-0.3, -0.25) is 9.59 Å². The number of alkyl halides is 6. The van der Waals surface area contributed by atoms with E-state index in [0.717, 1.165) is 12.1 Å². The van der Waals surface area contributed by atoms with Crippen molar-refractivity contribution in [3.8, 4) is 0 Å². The number of oxime groups is 1. The Hall–Kier alpha value is -3.31. The van der Waals surface area contributed by atoms with Crippen LogP contribution in [0.2, 0.25) is 10.0 Å². The number of benzene rings is 3. The second-order valence-electron chi connectivity index (χ2n) is 8.51. The van der Waals surface area contributed by atoms with Crippen molar-refractivity contribution < 1.29 is 40.8 Å². The van der Waals surface area contributed by atoms with E-state index in [9.17, 15) is 35.9 Å². The lowest BCUT2D eigenvalue weighted by atomic mass is 9.85. The minimum absolute atomic E-state index is 0.00683. The monoisotopic (exact) mass is 576 g/mol. The number of hydrogen-bond acceptors (Lipinski definition) is 4. The Bertz CT molecular complexity index is 1440. The molecule has 1 N–H and O–H groups in total. The quantitative estimate of drug-likeness (QED) is 0.322. The van der Waals surface area contributed by atoms with Gasteiger partial charge in [0.2, 0.25) is 0 Å². The van der Waals surface area contributed by atoms with Crippen molar-refractivity contribution in [2.75, 3.05) is 6.54 Å². The number of nitrogens with zero attached hydrogens (tertiary/aromatic N) is 1. The van der Waals surface area contributed by atoms with E-state index < -0.39 is 49.0 Å². The van der Waals surface area contributed by atoms with Crippen LogP contribution in [0.5, 0.6) is 0 Å². The van der Waals surface area contributed by atoms with Crippen molar-refractivity contribution >= 4 is 51.4 Å². The van der Waals surface area contributed by atoms with Crippen molar-refractivity contribution in [1.82, 2.24) is 5.32 Å². The molecule has 13 heteroatoms. The summed E-state index contributed by atoms with van der Waals surface area (Å²) in [5.74, 6) is -2.06. The zero-order chi connectivity index (χ0) is 27.9. The Morgan fingerprint density at radius 2 is 1.58 bits per heavy atom. The molecule has 0 fully saturated rings. The van der Waals surface area contributed by atoms with Gasteiger partial charge in [0.05, 0.1) is 12.3 Å². The molecule has 0 saturated heterocycles. The van der Waals surface area contributed by atoms with Crippen molar-refractivity contribution in [3.05, 3.63) is 81.3 Å². The molecular weight excluding hydrogens is 561 g/mol. The van der Waals surface area contributed by atoms with Gasteiger partial charge in [-0.2, -0.15) is 26.3 Å². The van der Waals surface area contributed by atoms with E-state index in [2.05, 4.69) is 10.5 Å². The molecule has 1 heterocycles. The summed E-state index contributed by atoms with van der Waals surface area (Å²) in [7, 11) is 0. The van der Waals surface area contributed by atoms with Gasteiger partial charge >= 0.3 is 12.4 Å². The number of nitrogens with one attached hydrogen (secondary N) is 1. The predicted molar refractivity (Wildman–Crippen MR) is 128 cm³/mol. The summed E-state index contributed by atoms with van der Waals surface area (Å²) >= 11 is 11.9. The molecule has 1 amide bonds. The summed E-state index contributed by atoms with van der Waals surface area (Å²) in [5.41, 5.74) is -3.03. The summed E-state index contributed by atoms with van der Waals surface area (Å²) in [6.07, 6.45) is -12.0. The number of halogens is 8. The molecular formula is C25H16Cl2F6N2O3. The molecule has 0 bridgehead atoms. The molecule has 3 aromatic rings. The molecule has 5 nitrogen and oxygen atoms in total. The number of hydrogen-bond donors (Lipinski definition) is 1. The molecule has 200 valence electrons. The largest absolute Gasteiger partial charge is 0.435 e. The van der Waals surface area contributed by atoms with Crippen LogP contribution in [0.3, 0.4) is 0 Å². The van der Waals surface area contributed by atoms with E-state index in [-0.39, 0.29) is 37.8 Å². The van der Waals surface area contributed by atoms with Crippen LogP contribution in [0, 0.1) is 0 Å². The number of amides is 1. The average Bonchev–Trinajstić information content (AvgIpc) is 3.27. The van der Waals surface area contributed by atoms with Gasteiger partial charge in [0.1, 0.15) is 6.42 Å². The third kappa shape index (κ3) is 5.58. The van der Waals surface area contributed by atoms with E-state index in [1.807, 2.05) is 0 Å². The van der Waals surface area contributed by atoms with Crippen molar-refractivity contribution in [3.63, 3.8) is 0 Å². The Labute approximate surface area is 221 Å². The molecule has 4 rings (SSSR count). The van der Waals surface area contributed by atoms with E-state index in [1.165, 1.54) is 24.3 Å². The number of Topliss-reactive ketones (excluding diaryl/α,β-unsaturated/α-hetero) is 1. The van der Waals surface area contributed by atoms with E-state index in [1.54, 1.807) is 18.2 Å². The van der Waals surface area contributed by atoms with E-state index in [0.29, 0.717) is 5.39 Å². The summed E-state index contributed by atoms with van der Waals surface area (Å²) in [6.45, 7) is -0.842. The second kappa shape index (κ2) is 10.1. The summed E-state index contributed by atoms with van der Waals surface area (Å²) < 4.78 is 80.2. The van der Waals surface area contributed by atoms with Crippen LogP contribution >= 0.6 is 23.2 Å². The molecule has 0 spiro atoms. The number of carbonyl (C=O) groups is 2. The minimum atomic E-state index is -4.91. The standard InChI is InChI=1S/C25H16Cl2F6N2O3/c26-14-7-13(8-15(27)9-14)23(25(31,32)33)11-21(35-38-23)19-5-6-20(18-4-2-1-3-17(18)19)22(37)34-12-16(36)10-24(28,29)30/h1-9H,10-12H2,(H,34,37). The highest BCUT2D eigenvalue weighted by Gasteiger charge is 2.62. The van der Waals surface area contributed by atoms with Crippen LogP contribution in [0.1, 0.15) is 34.3 Å². The molecule has 1 aliphatic heterocycles. The number of fused-ring (bicyclic) bond motifs is 1. The lowest BCUT2D eigenvalue weighted by Crippen LogP contribution is -2.42. The third-order valence-corrected chi connectivity index (χ3v) is 6.27. The number of ketones is 1. The molecule has 0 aliphatic carbocycles. The van der Waals surface area contributed by atoms with Gasteiger partial charge in [0.15, 0.2) is 5.78 Å². The molecule has 38 heavy (non-hydrogen) atoms. The summed E-state index contributed by atoms with van der Waals surface area (Å²) in [5, 5.41) is 6.46. The normalized spacial score (nSPS) is 17.7. The first-order chi connectivity index (χ1) is 17.7. The highest BCUT2D eigenvalue weighted by atomic mass is 35.5. The van der Waals surface area contributed by atoms with E-state index >= 15 is 0 Å². The fourth-order valence-corrected chi connectivity index (χ4v) is 4.67. The minimum Gasteiger partial charge on any atom is -0.374 e. The summed E-state index contributed by atoms with van der Waals surface area (Å²) in [6, 6.07) is 12.3. The maximum atomic E-state index is 14.4. The first-order valence-electron chi connectivity index (χ1n) is 10.9. The maximum absolute atomic E-state index is 14.4. The second-order valence-corrected chi connectivity index (χ2v) is 9.38. The smallest absolute Gasteiger partial charge is 0.374 e. The molecule has 0 radical (unpaired) electrons. The van der Waals surface area contributed by atoms with Gasteiger partial charge in [0.25, 0.3) is 11.5 Å². The highest BCUT2D eigenvalue weighted by molar-refractivity contribution is 6.34. The molecule has 1 unspecified atom stereocenters. The summed E-state index contributed by atoms with van der Waals surface area (Å²) in [4.78, 5) is 29.2. The van der Waals surface area contributed by atoms with Crippen LogP contribution in [0.15, 0.2) is 59.8 Å². The molecule has 0 saturated carbocycles.